The van der Waals surface area contributed by atoms with E-state index in [-0.39, 0.29) is 11.3 Å². The van der Waals surface area contributed by atoms with Crippen LogP contribution in [0.15, 0.2) is 78.4 Å². The quantitative estimate of drug-likeness (QED) is 0.302. The van der Waals surface area contributed by atoms with E-state index in [4.69, 9.17) is 4.74 Å². The Bertz CT molecular complexity index is 1230. The first-order valence-electron chi connectivity index (χ1n) is 11.1. The van der Waals surface area contributed by atoms with Crippen LogP contribution in [0.25, 0.3) is 5.76 Å². The van der Waals surface area contributed by atoms with Gasteiger partial charge < -0.3 is 9.84 Å². The maximum atomic E-state index is 13.3. The molecule has 3 aromatic rings. The molecule has 0 saturated carbocycles. The number of aryl methyl sites for hydroxylation is 2. The molecule has 1 heterocycles. The number of nitrogens with zero attached hydrogens (tertiary/aromatic N) is 1. The highest BCUT2D eigenvalue weighted by atomic mass is 16.5. The molecular formula is C28H27NO4. The highest BCUT2D eigenvalue weighted by Gasteiger charge is 2.47. The lowest BCUT2D eigenvalue weighted by Crippen LogP contribution is -2.30. The maximum absolute atomic E-state index is 13.3. The molecule has 1 aliphatic rings. The van der Waals surface area contributed by atoms with E-state index >= 15 is 0 Å². The minimum atomic E-state index is -0.733. The molecule has 1 saturated heterocycles. The summed E-state index contributed by atoms with van der Waals surface area (Å²) in [4.78, 5) is 28.0. The third kappa shape index (κ3) is 4.14. The number of hydrogen-bond donors (Lipinski definition) is 1. The zero-order valence-corrected chi connectivity index (χ0v) is 19.0. The van der Waals surface area contributed by atoms with Gasteiger partial charge >= 0.3 is 0 Å². The third-order valence-electron chi connectivity index (χ3n) is 5.84. The normalized spacial score (nSPS) is 17.4. The SMILES string of the molecule is CCCOc1ccc(/C(O)=C2/C(=O)C(=O)N(c3ccccc3C)C2c2ccccc2)cc1C. The molecule has 1 aliphatic heterocycles. The first kappa shape index (κ1) is 22.3. The van der Waals surface area contributed by atoms with Gasteiger partial charge in [-0.3, -0.25) is 14.5 Å². The van der Waals surface area contributed by atoms with Crippen LogP contribution in [0.3, 0.4) is 0 Å². The molecule has 0 bridgehead atoms. The van der Waals surface area contributed by atoms with Gasteiger partial charge in [-0.05, 0) is 61.2 Å². The standard InChI is InChI=1S/C28H27NO4/c1-4-16-33-23-15-14-21(17-19(23)3)26(30)24-25(20-11-6-5-7-12-20)29(28(32)27(24)31)22-13-9-8-10-18(22)2/h5-15,17,25,30H,4,16H2,1-3H3/b26-24-. The molecule has 33 heavy (non-hydrogen) atoms. The van der Waals surface area contributed by atoms with Crippen LogP contribution >= 0.6 is 0 Å². The van der Waals surface area contributed by atoms with Gasteiger partial charge in [-0.1, -0.05) is 55.5 Å². The van der Waals surface area contributed by atoms with Crippen LogP contribution in [0.1, 0.15) is 41.6 Å². The van der Waals surface area contributed by atoms with Gasteiger partial charge in [0.05, 0.1) is 18.2 Å². The summed E-state index contributed by atoms with van der Waals surface area (Å²) in [6.45, 7) is 6.42. The largest absolute Gasteiger partial charge is 0.507 e. The van der Waals surface area contributed by atoms with Crippen molar-refractivity contribution in [2.75, 3.05) is 11.5 Å². The van der Waals surface area contributed by atoms with Crippen LogP contribution in [0.5, 0.6) is 5.75 Å². The minimum Gasteiger partial charge on any atom is -0.507 e. The van der Waals surface area contributed by atoms with E-state index in [9.17, 15) is 14.7 Å². The number of ether oxygens (including phenoxy) is 1. The summed E-state index contributed by atoms with van der Waals surface area (Å²) in [7, 11) is 0. The highest BCUT2D eigenvalue weighted by Crippen LogP contribution is 2.43. The number of aliphatic hydroxyl groups is 1. The number of amides is 1. The summed E-state index contributed by atoms with van der Waals surface area (Å²) in [6.07, 6.45) is 0.889. The Labute approximate surface area is 193 Å². The van der Waals surface area contributed by atoms with Crippen LogP contribution in [-0.2, 0) is 9.59 Å². The number of para-hydroxylation sites is 1. The summed E-state index contributed by atoms with van der Waals surface area (Å²) in [5.41, 5.74) is 3.66. The van der Waals surface area contributed by atoms with Crippen molar-refractivity contribution in [3.63, 3.8) is 0 Å². The number of benzene rings is 3. The van der Waals surface area contributed by atoms with Crippen molar-refractivity contribution >= 4 is 23.1 Å². The van der Waals surface area contributed by atoms with Gasteiger partial charge in [-0.25, -0.2) is 0 Å². The number of carbonyl (C=O) groups is 2. The van der Waals surface area contributed by atoms with Crippen molar-refractivity contribution in [3.05, 3.63) is 101 Å². The average Bonchev–Trinajstić information content (AvgIpc) is 3.09. The Hall–Kier alpha value is -3.86. The molecule has 0 spiro atoms. The van der Waals surface area contributed by atoms with Gasteiger partial charge in [0.25, 0.3) is 11.7 Å². The lowest BCUT2D eigenvalue weighted by molar-refractivity contribution is -0.132. The number of carbonyl (C=O) groups excluding carboxylic acids is 2. The Morgan fingerprint density at radius 2 is 1.64 bits per heavy atom. The Kier molecular flexibility index (Phi) is 6.31. The first-order valence-corrected chi connectivity index (χ1v) is 11.1. The van der Waals surface area contributed by atoms with E-state index in [1.165, 1.54) is 4.90 Å². The molecule has 0 aliphatic carbocycles. The summed E-state index contributed by atoms with van der Waals surface area (Å²) < 4.78 is 5.74. The molecule has 168 valence electrons. The van der Waals surface area contributed by atoms with E-state index < -0.39 is 17.7 Å². The molecule has 1 unspecified atom stereocenters. The van der Waals surface area contributed by atoms with Gasteiger partial charge in [0.1, 0.15) is 11.5 Å². The zero-order chi connectivity index (χ0) is 23.5. The molecule has 1 amide bonds. The molecule has 0 aromatic heterocycles. The van der Waals surface area contributed by atoms with Gasteiger partial charge in [0.15, 0.2) is 0 Å². The molecular weight excluding hydrogens is 414 g/mol. The van der Waals surface area contributed by atoms with E-state index in [2.05, 4.69) is 0 Å². The molecule has 1 fully saturated rings. The van der Waals surface area contributed by atoms with Crippen molar-refractivity contribution in [1.82, 2.24) is 0 Å². The summed E-state index contributed by atoms with van der Waals surface area (Å²) >= 11 is 0. The van der Waals surface area contributed by atoms with Crippen molar-refractivity contribution in [2.24, 2.45) is 0 Å². The summed E-state index contributed by atoms with van der Waals surface area (Å²) in [5, 5.41) is 11.3. The molecule has 1 atom stereocenters. The van der Waals surface area contributed by atoms with E-state index in [1.54, 1.807) is 18.2 Å². The van der Waals surface area contributed by atoms with Crippen molar-refractivity contribution in [3.8, 4) is 5.75 Å². The van der Waals surface area contributed by atoms with Crippen LogP contribution in [0.4, 0.5) is 5.69 Å². The zero-order valence-electron chi connectivity index (χ0n) is 19.0. The second kappa shape index (κ2) is 9.33. The smallest absolute Gasteiger partial charge is 0.300 e. The highest BCUT2D eigenvalue weighted by molar-refractivity contribution is 6.51. The number of aliphatic hydroxyl groups excluding tert-OH is 1. The van der Waals surface area contributed by atoms with E-state index in [1.807, 2.05) is 75.4 Å². The van der Waals surface area contributed by atoms with Gasteiger partial charge in [-0.15, -0.1) is 0 Å². The average molecular weight is 442 g/mol. The van der Waals surface area contributed by atoms with Gasteiger partial charge in [0.2, 0.25) is 0 Å². The topological polar surface area (TPSA) is 66.8 Å². The van der Waals surface area contributed by atoms with Crippen molar-refractivity contribution in [2.45, 2.75) is 33.2 Å². The predicted molar refractivity (Wildman–Crippen MR) is 129 cm³/mol. The Morgan fingerprint density at radius 3 is 2.30 bits per heavy atom. The number of ketones is 1. The monoisotopic (exact) mass is 441 g/mol. The maximum Gasteiger partial charge on any atom is 0.300 e. The van der Waals surface area contributed by atoms with Crippen LogP contribution in [0, 0.1) is 13.8 Å². The first-order chi connectivity index (χ1) is 15.9. The second-order valence-corrected chi connectivity index (χ2v) is 8.20. The molecule has 5 nitrogen and oxygen atoms in total. The summed E-state index contributed by atoms with van der Waals surface area (Å²) in [6, 6.07) is 21.3. The van der Waals surface area contributed by atoms with E-state index in [0.717, 1.165) is 28.9 Å². The van der Waals surface area contributed by atoms with E-state index in [0.29, 0.717) is 17.9 Å². The fraction of sp³-hybridized carbons (Fsp3) is 0.214. The Morgan fingerprint density at radius 1 is 0.939 bits per heavy atom. The molecule has 4 rings (SSSR count). The number of hydrogen-bond acceptors (Lipinski definition) is 4. The molecule has 0 radical (unpaired) electrons. The lowest BCUT2D eigenvalue weighted by atomic mass is 9.94. The Balaban J connectivity index is 1.88. The van der Waals surface area contributed by atoms with Gasteiger partial charge in [0, 0.05) is 11.3 Å². The fourth-order valence-electron chi connectivity index (χ4n) is 4.19. The number of rotatable bonds is 6. The van der Waals surface area contributed by atoms with Crippen LogP contribution in [0.2, 0.25) is 0 Å². The van der Waals surface area contributed by atoms with Gasteiger partial charge in [-0.2, -0.15) is 0 Å². The third-order valence-corrected chi connectivity index (χ3v) is 5.84. The fourth-order valence-corrected chi connectivity index (χ4v) is 4.19. The van der Waals surface area contributed by atoms with Crippen molar-refractivity contribution < 1.29 is 19.4 Å². The van der Waals surface area contributed by atoms with Crippen molar-refractivity contribution in [1.29, 1.82) is 0 Å². The summed E-state index contributed by atoms with van der Waals surface area (Å²) in [5.74, 6) is -0.815. The number of anilines is 1. The number of Topliss-reactive ketones (excluding diaryl/α,β-unsaturated/α-hetero) is 1. The molecule has 1 N–H and O–H groups in total. The minimum absolute atomic E-state index is 0.0797. The lowest BCUT2D eigenvalue weighted by Gasteiger charge is -2.26. The predicted octanol–water partition coefficient (Wildman–Crippen LogP) is 5.72. The van der Waals surface area contributed by atoms with Crippen LogP contribution < -0.4 is 9.64 Å². The molecule has 5 heteroatoms. The molecule has 3 aromatic carbocycles. The van der Waals surface area contributed by atoms with Crippen LogP contribution in [-0.4, -0.2) is 23.4 Å². The second-order valence-electron chi connectivity index (χ2n) is 8.20.